The number of rotatable bonds is 4. The quantitative estimate of drug-likeness (QED) is 0.741. The highest BCUT2D eigenvalue weighted by atomic mass is 19.1. The first-order valence-electron chi connectivity index (χ1n) is 4.45. The van der Waals surface area contributed by atoms with Gasteiger partial charge in [0.15, 0.2) is 0 Å². The van der Waals surface area contributed by atoms with Crippen molar-refractivity contribution in [3.05, 3.63) is 29.9 Å². The molecule has 0 saturated carbocycles. The smallest absolute Gasteiger partial charge is 0.271 e. The zero-order valence-corrected chi connectivity index (χ0v) is 8.40. The van der Waals surface area contributed by atoms with Crippen LogP contribution in [-0.2, 0) is 6.54 Å². The first-order valence-corrected chi connectivity index (χ1v) is 4.45. The van der Waals surface area contributed by atoms with E-state index in [1.807, 2.05) is 0 Å². The normalized spacial score (nSPS) is 11.5. The molecule has 1 rings (SSSR count). The Kier molecular flexibility index (Phi) is 3.99. The second kappa shape index (κ2) is 5.26. The Labute approximate surface area is 86.8 Å². The fraction of sp³-hybridized carbons (Fsp3) is 0.333. The van der Waals surface area contributed by atoms with Crippen LogP contribution in [-0.4, -0.2) is 29.3 Å². The molecular formula is C9H13FN4O. The van der Waals surface area contributed by atoms with E-state index in [2.05, 4.69) is 10.4 Å². The molecule has 6 heteroatoms. The number of carbonyl (C=O) groups is 1. The van der Waals surface area contributed by atoms with Crippen LogP contribution in [0, 0.1) is 0 Å². The van der Waals surface area contributed by atoms with E-state index in [0.717, 1.165) is 0 Å². The molecule has 0 bridgehead atoms. The van der Waals surface area contributed by atoms with Gasteiger partial charge in [0.05, 0.1) is 12.9 Å². The van der Waals surface area contributed by atoms with Gasteiger partial charge in [-0.25, -0.2) is 4.39 Å². The standard InChI is InChI=1S/C9H13FN4O/c1-12-9(15)8-2-3-14(13-8)6-7(4-10)5-11/h2-4H,5-6,11H2,1H3,(H,12,15)/b7-4+. The van der Waals surface area contributed by atoms with Crippen molar-refractivity contribution >= 4 is 5.91 Å². The first-order chi connectivity index (χ1) is 7.21. The highest BCUT2D eigenvalue weighted by Crippen LogP contribution is 2.00. The van der Waals surface area contributed by atoms with Gasteiger partial charge in [-0.3, -0.25) is 9.48 Å². The number of hydrogen-bond acceptors (Lipinski definition) is 3. The van der Waals surface area contributed by atoms with Crippen LogP contribution in [0.1, 0.15) is 10.5 Å². The molecule has 0 unspecified atom stereocenters. The molecule has 0 spiro atoms. The van der Waals surface area contributed by atoms with E-state index in [0.29, 0.717) is 17.6 Å². The average molecular weight is 212 g/mol. The van der Waals surface area contributed by atoms with Crippen LogP contribution in [0.5, 0.6) is 0 Å². The van der Waals surface area contributed by atoms with Gasteiger partial charge in [-0.15, -0.1) is 0 Å². The second-order valence-electron chi connectivity index (χ2n) is 2.95. The lowest BCUT2D eigenvalue weighted by atomic mass is 10.3. The monoisotopic (exact) mass is 212 g/mol. The van der Waals surface area contributed by atoms with Gasteiger partial charge in [0.2, 0.25) is 0 Å². The maximum absolute atomic E-state index is 12.2. The largest absolute Gasteiger partial charge is 0.354 e. The van der Waals surface area contributed by atoms with Crippen LogP contribution in [0.3, 0.4) is 0 Å². The summed E-state index contributed by atoms with van der Waals surface area (Å²) in [6, 6.07) is 1.56. The summed E-state index contributed by atoms with van der Waals surface area (Å²) in [6.45, 7) is 0.385. The number of aromatic nitrogens is 2. The molecule has 0 aliphatic carbocycles. The summed E-state index contributed by atoms with van der Waals surface area (Å²) in [5, 5.41) is 6.41. The van der Waals surface area contributed by atoms with Crippen LogP contribution >= 0.6 is 0 Å². The third kappa shape index (κ3) is 2.88. The summed E-state index contributed by atoms with van der Waals surface area (Å²) in [4.78, 5) is 11.2. The zero-order chi connectivity index (χ0) is 11.3. The second-order valence-corrected chi connectivity index (χ2v) is 2.95. The number of hydrogen-bond donors (Lipinski definition) is 2. The van der Waals surface area contributed by atoms with E-state index in [-0.39, 0.29) is 19.0 Å². The van der Waals surface area contributed by atoms with Gasteiger partial charge < -0.3 is 11.1 Å². The molecule has 0 aliphatic heterocycles. The van der Waals surface area contributed by atoms with Gasteiger partial charge in [0.1, 0.15) is 5.69 Å². The van der Waals surface area contributed by atoms with Gasteiger partial charge >= 0.3 is 0 Å². The van der Waals surface area contributed by atoms with Gasteiger partial charge in [0.25, 0.3) is 5.91 Å². The Balaban J connectivity index is 2.72. The predicted octanol–water partition coefficient (Wildman–Crippen LogP) is 0.0548. The van der Waals surface area contributed by atoms with Gasteiger partial charge in [-0.05, 0) is 11.6 Å². The Hall–Kier alpha value is -1.69. The Morgan fingerprint density at radius 2 is 2.53 bits per heavy atom. The van der Waals surface area contributed by atoms with E-state index < -0.39 is 0 Å². The molecule has 0 aromatic carbocycles. The summed E-state index contributed by atoms with van der Waals surface area (Å²) in [5.41, 5.74) is 6.01. The molecule has 82 valence electrons. The van der Waals surface area contributed by atoms with Crippen molar-refractivity contribution in [2.75, 3.05) is 13.6 Å². The molecule has 1 aromatic heterocycles. The molecule has 5 nitrogen and oxygen atoms in total. The Morgan fingerprint density at radius 1 is 1.80 bits per heavy atom. The molecule has 0 atom stereocenters. The Morgan fingerprint density at radius 3 is 3.07 bits per heavy atom. The molecule has 1 amide bonds. The lowest BCUT2D eigenvalue weighted by Crippen LogP contribution is -2.19. The summed E-state index contributed by atoms with van der Waals surface area (Å²) < 4.78 is 13.7. The molecular weight excluding hydrogens is 199 g/mol. The fourth-order valence-electron chi connectivity index (χ4n) is 1.05. The summed E-state index contributed by atoms with van der Waals surface area (Å²) in [7, 11) is 1.52. The van der Waals surface area contributed by atoms with Crippen molar-refractivity contribution in [2.45, 2.75) is 6.54 Å². The number of halogens is 1. The lowest BCUT2D eigenvalue weighted by Gasteiger charge is -2.02. The van der Waals surface area contributed by atoms with E-state index in [1.165, 1.54) is 11.7 Å². The number of amides is 1. The average Bonchev–Trinajstić information content (AvgIpc) is 2.73. The van der Waals surface area contributed by atoms with E-state index >= 15 is 0 Å². The van der Waals surface area contributed by atoms with Crippen LogP contribution in [0.2, 0.25) is 0 Å². The van der Waals surface area contributed by atoms with Crippen molar-refractivity contribution < 1.29 is 9.18 Å². The summed E-state index contributed by atoms with van der Waals surface area (Å²) in [6.07, 6.45) is 2.06. The van der Waals surface area contributed by atoms with Crippen molar-refractivity contribution in [1.82, 2.24) is 15.1 Å². The Bertz CT molecular complexity index is 372. The minimum atomic E-state index is -0.271. The third-order valence-corrected chi connectivity index (χ3v) is 1.88. The number of nitrogens with one attached hydrogen (secondary N) is 1. The molecule has 15 heavy (non-hydrogen) atoms. The fourth-order valence-corrected chi connectivity index (χ4v) is 1.05. The van der Waals surface area contributed by atoms with Crippen LogP contribution in [0.25, 0.3) is 0 Å². The number of nitrogens with zero attached hydrogens (tertiary/aromatic N) is 2. The van der Waals surface area contributed by atoms with Crippen LogP contribution < -0.4 is 11.1 Å². The SMILES string of the molecule is CNC(=O)c1ccn(C/C(=C/F)CN)n1. The molecule has 1 heterocycles. The first kappa shape index (κ1) is 11.4. The predicted molar refractivity (Wildman–Crippen MR) is 53.9 cm³/mol. The zero-order valence-electron chi connectivity index (χ0n) is 8.40. The highest BCUT2D eigenvalue weighted by Gasteiger charge is 2.07. The van der Waals surface area contributed by atoms with Crippen molar-refractivity contribution in [2.24, 2.45) is 5.73 Å². The maximum atomic E-state index is 12.2. The molecule has 0 radical (unpaired) electrons. The maximum Gasteiger partial charge on any atom is 0.271 e. The van der Waals surface area contributed by atoms with Gasteiger partial charge in [-0.2, -0.15) is 5.10 Å². The molecule has 0 fully saturated rings. The van der Waals surface area contributed by atoms with Crippen LogP contribution in [0.15, 0.2) is 24.2 Å². The van der Waals surface area contributed by atoms with E-state index in [4.69, 9.17) is 5.73 Å². The molecule has 0 aliphatic rings. The molecule has 0 saturated heterocycles. The summed E-state index contributed by atoms with van der Waals surface area (Å²) >= 11 is 0. The van der Waals surface area contributed by atoms with E-state index in [1.54, 1.807) is 12.3 Å². The lowest BCUT2D eigenvalue weighted by molar-refractivity contribution is 0.0957. The topological polar surface area (TPSA) is 72.9 Å². The van der Waals surface area contributed by atoms with Crippen molar-refractivity contribution in [3.63, 3.8) is 0 Å². The highest BCUT2D eigenvalue weighted by molar-refractivity contribution is 5.91. The number of nitrogens with two attached hydrogens (primary N) is 1. The van der Waals surface area contributed by atoms with Gasteiger partial charge in [-0.1, -0.05) is 0 Å². The molecule has 3 N–H and O–H groups in total. The summed E-state index contributed by atoms with van der Waals surface area (Å²) in [5.74, 6) is -0.271. The van der Waals surface area contributed by atoms with Crippen LogP contribution in [0.4, 0.5) is 4.39 Å². The number of carbonyl (C=O) groups excluding carboxylic acids is 1. The van der Waals surface area contributed by atoms with Crippen molar-refractivity contribution in [3.8, 4) is 0 Å². The minimum absolute atomic E-state index is 0.131. The van der Waals surface area contributed by atoms with Gasteiger partial charge in [0, 0.05) is 19.8 Å². The molecule has 1 aromatic rings. The minimum Gasteiger partial charge on any atom is -0.354 e. The van der Waals surface area contributed by atoms with Crippen molar-refractivity contribution in [1.29, 1.82) is 0 Å². The van der Waals surface area contributed by atoms with E-state index in [9.17, 15) is 9.18 Å². The third-order valence-electron chi connectivity index (χ3n) is 1.88.